The number of ether oxygens (including phenoxy) is 2. The fourth-order valence-electron chi connectivity index (χ4n) is 16.9. The van der Waals surface area contributed by atoms with E-state index in [9.17, 15) is 20.4 Å². The molecule has 2 fully saturated rings. The van der Waals surface area contributed by atoms with Crippen molar-refractivity contribution in [1.29, 1.82) is 0 Å². The van der Waals surface area contributed by atoms with Crippen LogP contribution in [0.3, 0.4) is 0 Å². The first-order valence-corrected chi connectivity index (χ1v) is 51.6. The van der Waals surface area contributed by atoms with Crippen LogP contribution >= 0.6 is 0 Å². The van der Waals surface area contributed by atoms with Crippen LogP contribution in [0.5, 0.6) is 0 Å². The average Bonchev–Trinajstić information content (AvgIpc) is 0.926. The molecule has 2 saturated heterocycles. The molecule has 18 nitrogen and oxygen atoms in total. The first-order chi connectivity index (χ1) is 70.1. The molecule has 0 amide bonds. The van der Waals surface area contributed by atoms with Gasteiger partial charge in [0.15, 0.2) is 0 Å². The monoisotopic (exact) mass is 2310 g/mol. The van der Waals surface area contributed by atoms with E-state index < -0.39 is 0 Å². The summed E-state index contributed by atoms with van der Waals surface area (Å²) < 4.78 is 9.89. The van der Waals surface area contributed by atoms with E-state index in [1.54, 1.807) is 0 Å². The number of benzene rings is 13. The third-order valence-electron chi connectivity index (χ3n) is 24.6. The summed E-state index contributed by atoms with van der Waals surface area (Å²) in [4.78, 5) is 35.6. The van der Waals surface area contributed by atoms with Gasteiger partial charge in [0.2, 0.25) is 0 Å². The van der Waals surface area contributed by atoms with Crippen LogP contribution in [0.2, 0.25) is 0 Å². The minimum Gasteiger partial charge on any atom is -0.861 e. The number of aliphatic imine (C=N–C) groups is 6. The SMILES string of the molecule is C1CCOC1.C1CCOC1.CC(C)c1cccc(C(C)C)c1N=C([N-]c1c(C(C)C)cccc1C(C)C)c1ccc(C(=Nc2c(C(C)C)cccc2C(C)C)[N-]c2c(C(C)C)cccc2C(C)C)cc1.CN(C)c1ccccc1CC([O-])=Nc1ccccc1.CN(C)c1ccccc1CC([O-])=Nc1ccccc1.CN(C)c1ccccc1CC([O-])=Nc1ccccc1.CN(C)c1ccccc1CC([O-])=Nc1ccccc1.[Lu+3].[Lu+3]. The van der Waals surface area contributed by atoms with E-state index in [0.717, 1.165) is 105 Å². The number of rotatable bonds is 30. The Morgan fingerprint density at radius 3 is 0.595 bits per heavy atom. The fraction of sp³-hybridized carbons (Fsp3) is 0.344. The molecule has 148 heavy (non-hydrogen) atoms. The number of hydrogen-bond donors (Lipinski definition) is 0. The summed E-state index contributed by atoms with van der Waals surface area (Å²) >= 11 is 0. The summed E-state index contributed by atoms with van der Waals surface area (Å²) in [5, 5.41) is 59.1. The van der Waals surface area contributed by atoms with E-state index in [1.807, 2.05) is 294 Å². The Morgan fingerprint density at radius 1 is 0.236 bits per heavy atom. The van der Waals surface area contributed by atoms with E-state index in [0.29, 0.717) is 107 Å². The number of hydrogen-bond acceptors (Lipinski definition) is 16. The Labute approximate surface area is 944 Å². The Morgan fingerprint density at radius 2 is 0.419 bits per heavy atom. The van der Waals surface area contributed by atoms with Crippen molar-refractivity contribution in [2.24, 2.45) is 30.0 Å². The maximum atomic E-state index is 12.0. The normalized spacial score (nSPS) is 12.6. The quantitative estimate of drug-likeness (QED) is 0.0305. The van der Waals surface area contributed by atoms with Gasteiger partial charge in [-0.1, -0.05) is 365 Å². The largest absolute Gasteiger partial charge is 3.00 e. The third kappa shape index (κ3) is 40.0. The van der Waals surface area contributed by atoms with Crippen LogP contribution in [-0.4, -0.2) is 118 Å². The molecule has 2 aliphatic rings. The van der Waals surface area contributed by atoms with Gasteiger partial charge >= 0.3 is 73.7 Å². The van der Waals surface area contributed by atoms with Gasteiger partial charge in [-0.2, -0.15) is 0 Å². The molecule has 0 aliphatic carbocycles. The van der Waals surface area contributed by atoms with E-state index in [1.165, 1.54) is 70.2 Å². The Bertz CT molecular complexity index is 5610. The molecule has 0 radical (unpaired) electrons. The van der Waals surface area contributed by atoms with Crippen LogP contribution in [-0.2, 0) is 35.2 Å². The van der Waals surface area contributed by atoms with Crippen molar-refractivity contribution in [2.75, 3.05) is 102 Å². The Kier molecular flexibility index (Phi) is 53.8. The molecule has 0 saturated carbocycles. The van der Waals surface area contributed by atoms with Crippen LogP contribution in [0.4, 0.5) is 68.2 Å². The van der Waals surface area contributed by atoms with Gasteiger partial charge in [0, 0.05) is 131 Å². The van der Waals surface area contributed by atoms with Crippen molar-refractivity contribution in [3.8, 4) is 0 Å². The average molecular weight is 2310 g/mol. The molecule has 0 spiro atoms. The van der Waals surface area contributed by atoms with Crippen LogP contribution < -0.4 is 40.0 Å². The maximum Gasteiger partial charge on any atom is 3.00 e. The van der Waals surface area contributed by atoms with Gasteiger partial charge in [0.25, 0.3) is 0 Å². The zero-order chi connectivity index (χ0) is 106. The topological polar surface area (TPSA) is 226 Å². The van der Waals surface area contributed by atoms with Crippen molar-refractivity contribution < 1.29 is 104 Å². The van der Waals surface area contributed by atoms with Crippen LogP contribution in [0.15, 0.2) is 345 Å². The van der Waals surface area contributed by atoms with Crippen molar-refractivity contribution in [3.05, 3.63) is 404 Å². The second-order valence-corrected chi connectivity index (χ2v) is 39.9. The summed E-state index contributed by atoms with van der Waals surface area (Å²) in [5.74, 6) is 3.33. The van der Waals surface area contributed by atoms with Gasteiger partial charge in [0.1, 0.15) is 0 Å². The standard InChI is InChI=1S/C56H72N4.4C16H18N2O.2C4H8O.2Lu/c1-33(2)43-21-17-22-44(34(3)4)51(43)57-55(58-52-45(35(5)6)23-18-24-46(52)36(7)8)41-29-31-42(32-30-41)56(59-53-47(37(9)10)25-19-26-48(53)38(11)12)60-54-49(39(13)14)27-20-28-50(54)40(15)16;4*1-18(2)15-11-7-6-8-13(15)12-16(19)17-14-9-4-3-5-10-14;2*1-2-4-5-3-1;;/h17-40H,1-16H3;4*3-11H,12H2,1-2H3,(H,17,19);2*1-4H2;;/q-2;;;;;;;2*+3/p-4. The molecule has 2 heterocycles. The molecule has 2 aliphatic heterocycles. The molecule has 0 aromatic heterocycles. The van der Waals surface area contributed by atoms with Crippen molar-refractivity contribution in [3.63, 3.8) is 0 Å². The number of amidine groups is 2. The zero-order valence-electron chi connectivity index (χ0n) is 91.5. The summed E-state index contributed by atoms with van der Waals surface area (Å²) in [6, 6.07) is 104. The molecular formula is C128H156Lu2N12O6. The number of nitrogens with zero attached hydrogens (tertiary/aromatic N) is 12. The predicted octanol–water partition coefficient (Wildman–Crippen LogP) is 29.4. The molecule has 13 aromatic rings. The number of para-hydroxylation sites is 12. The first kappa shape index (κ1) is 123. The fourth-order valence-corrected chi connectivity index (χ4v) is 16.9. The minimum absolute atomic E-state index is 0. The van der Waals surface area contributed by atoms with Crippen molar-refractivity contribution >= 4 is 104 Å². The molecule has 15 rings (SSSR count). The van der Waals surface area contributed by atoms with Gasteiger partial charge < -0.3 is 70.1 Å². The van der Waals surface area contributed by atoms with Crippen LogP contribution in [0.25, 0.3) is 10.6 Å². The molecule has 0 bridgehead atoms. The van der Waals surface area contributed by atoms with Crippen LogP contribution in [0.1, 0.15) is 262 Å². The van der Waals surface area contributed by atoms with Gasteiger partial charge in [-0.05, 0) is 270 Å². The number of anilines is 4. The predicted molar refractivity (Wildman–Crippen MR) is 616 cm³/mol. The Hall–Kier alpha value is -11.7. The molecule has 13 aromatic carbocycles. The first-order valence-electron chi connectivity index (χ1n) is 51.6. The second-order valence-electron chi connectivity index (χ2n) is 39.9. The molecule has 794 valence electrons. The van der Waals surface area contributed by atoms with E-state index >= 15 is 0 Å². The van der Waals surface area contributed by atoms with Crippen molar-refractivity contribution in [1.82, 2.24) is 0 Å². The molecular weight excluding hydrogens is 2150 g/mol. The summed E-state index contributed by atoms with van der Waals surface area (Å²) in [6.45, 7) is 40.1. The van der Waals surface area contributed by atoms with Gasteiger partial charge in [-0.15, -0.1) is 0 Å². The van der Waals surface area contributed by atoms with Gasteiger partial charge in [-0.25, -0.2) is 0 Å². The summed E-state index contributed by atoms with van der Waals surface area (Å²) in [5.41, 5.74) is 26.9. The van der Waals surface area contributed by atoms with Crippen molar-refractivity contribution in [2.45, 2.75) is 209 Å². The molecule has 0 atom stereocenters. The summed E-state index contributed by atoms with van der Waals surface area (Å²) in [7, 11) is 15.8. The van der Waals surface area contributed by atoms with Gasteiger partial charge in [-0.3, -0.25) is 20.0 Å². The van der Waals surface area contributed by atoms with E-state index in [4.69, 9.17) is 30.1 Å². The summed E-state index contributed by atoms with van der Waals surface area (Å²) in [6.07, 6.45) is 6.40. The van der Waals surface area contributed by atoms with Crippen LogP contribution in [0, 0.1) is 73.7 Å². The zero-order valence-corrected chi connectivity index (χ0v) is 94.8. The Balaban J connectivity index is 0.000000273. The molecule has 0 N–H and O–H groups in total. The van der Waals surface area contributed by atoms with E-state index in [-0.39, 0.29) is 97.3 Å². The molecule has 20 heteroatoms. The smallest absolute Gasteiger partial charge is 0.861 e. The van der Waals surface area contributed by atoms with Gasteiger partial charge in [0.05, 0.1) is 22.7 Å². The molecule has 0 unspecified atom stereocenters. The van der Waals surface area contributed by atoms with E-state index in [2.05, 4.69) is 228 Å². The maximum absolute atomic E-state index is 12.0. The second kappa shape index (κ2) is 64.6. The third-order valence-corrected chi connectivity index (χ3v) is 24.6. The minimum atomic E-state index is -0.125.